The number of methoxy groups -OCH3 is 1. The first-order chi connectivity index (χ1) is 14.7. The number of aromatic nitrogens is 1. The van der Waals surface area contributed by atoms with Crippen molar-refractivity contribution in [2.45, 2.75) is 18.9 Å². The maximum Gasteiger partial charge on any atom is 0.256 e. The molecule has 0 unspecified atom stereocenters. The lowest BCUT2D eigenvalue weighted by atomic mass is 10.0. The van der Waals surface area contributed by atoms with E-state index in [1.807, 2.05) is 48.5 Å². The van der Waals surface area contributed by atoms with Gasteiger partial charge in [0, 0.05) is 30.2 Å². The number of nitrogens with one attached hydrogen (secondary N) is 1. The van der Waals surface area contributed by atoms with Gasteiger partial charge in [-0.1, -0.05) is 30.3 Å². The van der Waals surface area contributed by atoms with Crippen molar-refractivity contribution in [2.75, 3.05) is 19.0 Å². The number of carbonyl (C=O) groups excluding carboxylic acids is 2. The van der Waals surface area contributed by atoms with Crippen LogP contribution in [0, 0.1) is 0 Å². The lowest BCUT2D eigenvalue weighted by Gasteiger charge is -2.24. The number of anilines is 1. The van der Waals surface area contributed by atoms with E-state index in [2.05, 4.69) is 10.3 Å². The third-order valence-corrected chi connectivity index (χ3v) is 5.31. The van der Waals surface area contributed by atoms with Crippen molar-refractivity contribution < 1.29 is 14.3 Å². The first-order valence-electron chi connectivity index (χ1n) is 9.92. The average Bonchev–Trinajstić information content (AvgIpc) is 3.30. The SMILES string of the molecule is COc1ccc(-c2ccccc2NC(=O)[C@@H]2CCCN2C(=O)c2cccnc2)cc1. The summed E-state index contributed by atoms with van der Waals surface area (Å²) in [7, 11) is 1.63. The highest BCUT2D eigenvalue weighted by Crippen LogP contribution is 2.30. The number of ether oxygens (including phenoxy) is 1. The third kappa shape index (κ3) is 4.03. The first-order valence-corrected chi connectivity index (χ1v) is 9.92. The molecule has 1 fully saturated rings. The van der Waals surface area contributed by atoms with Gasteiger partial charge >= 0.3 is 0 Å². The molecule has 1 aliphatic heterocycles. The second-order valence-corrected chi connectivity index (χ2v) is 7.16. The fourth-order valence-electron chi connectivity index (χ4n) is 3.77. The van der Waals surface area contributed by atoms with E-state index in [-0.39, 0.29) is 11.8 Å². The molecule has 6 heteroatoms. The molecule has 152 valence electrons. The Bertz CT molecular complexity index is 1040. The molecule has 2 heterocycles. The summed E-state index contributed by atoms with van der Waals surface area (Å²) in [5.74, 6) is 0.436. The highest BCUT2D eigenvalue weighted by molar-refractivity contribution is 6.03. The summed E-state index contributed by atoms with van der Waals surface area (Å²) in [5, 5.41) is 3.04. The molecule has 4 rings (SSSR count). The van der Waals surface area contributed by atoms with E-state index >= 15 is 0 Å². The van der Waals surface area contributed by atoms with Crippen LogP contribution in [0.25, 0.3) is 11.1 Å². The Kier molecular flexibility index (Phi) is 5.75. The quantitative estimate of drug-likeness (QED) is 0.701. The fourth-order valence-corrected chi connectivity index (χ4v) is 3.77. The number of hydrogen-bond acceptors (Lipinski definition) is 4. The molecule has 2 aromatic carbocycles. The van der Waals surface area contributed by atoms with Gasteiger partial charge in [-0.05, 0) is 48.7 Å². The fraction of sp³-hybridized carbons (Fsp3) is 0.208. The molecule has 1 aliphatic rings. The number of para-hydroxylation sites is 1. The largest absolute Gasteiger partial charge is 0.497 e. The molecule has 0 saturated carbocycles. The van der Waals surface area contributed by atoms with E-state index in [4.69, 9.17) is 4.74 Å². The van der Waals surface area contributed by atoms with Gasteiger partial charge in [0.05, 0.1) is 12.7 Å². The summed E-state index contributed by atoms with van der Waals surface area (Å²) in [5.41, 5.74) is 3.10. The van der Waals surface area contributed by atoms with Gasteiger partial charge < -0.3 is 15.0 Å². The van der Waals surface area contributed by atoms with Crippen LogP contribution in [0.3, 0.4) is 0 Å². The third-order valence-electron chi connectivity index (χ3n) is 5.31. The molecule has 30 heavy (non-hydrogen) atoms. The van der Waals surface area contributed by atoms with Crippen molar-refractivity contribution in [3.8, 4) is 16.9 Å². The van der Waals surface area contributed by atoms with Gasteiger partial charge in [0.15, 0.2) is 0 Å². The summed E-state index contributed by atoms with van der Waals surface area (Å²) >= 11 is 0. The summed E-state index contributed by atoms with van der Waals surface area (Å²) in [6.45, 7) is 0.561. The number of pyridine rings is 1. The normalized spacial score (nSPS) is 15.6. The van der Waals surface area contributed by atoms with Crippen LogP contribution >= 0.6 is 0 Å². The Morgan fingerprint density at radius 1 is 1.07 bits per heavy atom. The van der Waals surface area contributed by atoms with E-state index in [1.54, 1.807) is 30.3 Å². The Labute approximate surface area is 175 Å². The molecule has 2 amide bonds. The zero-order chi connectivity index (χ0) is 20.9. The van der Waals surface area contributed by atoms with Gasteiger partial charge in [-0.3, -0.25) is 14.6 Å². The van der Waals surface area contributed by atoms with E-state index in [9.17, 15) is 9.59 Å². The number of nitrogens with zero attached hydrogens (tertiary/aromatic N) is 2. The Hall–Kier alpha value is -3.67. The van der Waals surface area contributed by atoms with Crippen molar-refractivity contribution in [1.29, 1.82) is 0 Å². The predicted molar refractivity (Wildman–Crippen MR) is 115 cm³/mol. The molecule has 0 aliphatic carbocycles. The van der Waals surface area contributed by atoms with Crippen LogP contribution in [-0.4, -0.2) is 41.4 Å². The van der Waals surface area contributed by atoms with Crippen molar-refractivity contribution in [2.24, 2.45) is 0 Å². The number of likely N-dealkylation sites (tertiary alicyclic amines) is 1. The Morgan fingerprint density at radius 3 is 2.60 bits per heavy atom. The summed E-state index contributed by atoms with van der Waals surface area (Å²) in [6.07, 6.45) is 4.60. The van der Waals surface area contributed by atoms with Crippen LogP contribution < -0.4 is 10.1 Å². The molecule has 1 aromatic heterocycles. The van der Waals surface area contributed by atoms with Gasteiger partial charge in [-0.25, -0.2) is 0 Å². The number of carbonyl (C=O) groups is 2. The van der Waals surface area contributed by atoms with Crippen LogP contribution in [0.2, 0.25) is 0 Å². The van der Waals surface area contributed by atoms with Gasteiger partial charge in [0.2, 0.25) is 5.91 Å². The predicted octanol–water partition coefficient (Wildman–Crippen LogP) is 4.00. The molecule has 1 atom stereocenters. The van der Waals surface area contributed by atoms with Crippen molar-refractivity contribution in [3.05, 3.63) is 78.6 Å². The second-order valence-electron chi connectivity index (χ2n) is 7.16. The smallest absolute Gasteiger partial charge is 0.256 e. The van der Waals surface area contributed by atoms with E-state index in [0.717, 1.165) is 23.3 Å². The minimum absolute atomic E-state index is 0.163. The van der Waals surface area contributed by atoms with Gasteiger partial charge in [-0.2, -0.15) is 0 Å². The van der Waals surface area contributed by atoms with E-state index < -0.39 is 6.04 Å². The molecule has 0 spiro atoms. The first kappa shape index (κ1) is 19.6. The van der Waals surface area contributed by atoms with Gasteiger partial charge in [-0.15, -0.1) is 0 Å². The Morgan fingerprint density at radius 2 is 1.87 bits per heavy atom. The van der Waals surface area contributed by atoms with Crippen LogP contribution in [-0.2, 0) is 4.79 Å². The highest BCUT2D eigenvalue weighted by Gasteiger charge is 2.34. The molecule has 1 N–H and O–H groups in total. The number of benzene rings is 2. The maximum atomic E-state index is 13.1. The van der Waals surface area contributed by atoms with E-state index in [0.29, 0.717) is 24.2 Å². The van der Waals surface area contributed by atoms with Crippen molar-refractivity contribution in [1.82, 2.24) is 9.88 Å². The van der Waals surface area contributed by atoms with Crippen molar-refractivity contribution >= 4 is 17.5 Å². The van der Waals surface area contributed by atoms with Crippen LogP contribution in [0.15, 0.2) is 73.1 Å². The molecular weight excluding hydrogens is 378 g/mol. The zero-order valence-corrected chi connectivity index (χ0v) is 16.7. The maximum absolute atomic E-state index is 13.1. The lowest BCUT2D eigenvalue weighted by molar-refractivity contribution is -0.119. The molecular formula is C24H23N3O3. The molecule has 1 saturated heterocycles. The molecule has 0 radical (unpaired) electrons. The summed E-state index contributed by atoms with van der Waals surface area (Å²) < 4.78 is 5.23. The Balaban J connectivity index is 1.54. The minimum Gasteiger partial charge on any atom is -0.497 e. The van der Waals surface area contributed by atoms with Crippen LogP contribution in [0.5, 0.6) is 5.75 Å². The van der Waals surface area contributed by atoms with E-state index in [1.165, 1.54) is 6.20 Å². The van der Waals surface area contributed by atoms with Crippen LogP contribution in [0.4, 0.5) is 5.69 Å². The second kappa shape index (κ2) is 8.78. The lowest BCUT2D eigenvalue weighted by Crippen LogP contribution is -2.43. The van der Waals surface area contributed by atoms with Gasteiger partial charge in [0.25, 0.3) is 5.91 Å². The minimum atomic E-state index is -0.498. The number of hydrogen-bond donors (Lipinski definition) is 1. The summed E-state index contributed by atoms with van der Waals surface area (Å²) in [4.78, 5) is 31.6. The topological polar surface area (TPSA) is 71.5 Å². The van der Waals surface area contributed by atoms with Crippen molar-refractivity contribution in [3.63, 3.8) is 0 Å². The van der Waals surface area contributed by atoms with Crippen LogP contribution in [0.1, 0.15) is 23.2 Å². The molecule has 3 aromatic rings. The molecule has 0 bridgehead atoms. The van der Waals surface area contributed by atoms with Gasteiger partial charge in [0.1, 0.15) is 11.8 Å². The number of rotatable bonds is 5. The standard InChI is InChI=1S/C24H23N3O3/c1-30-19-12-10-17(11-13-19)20-7-2-3-8-21(20)26-23(28)22-9-5-15-27(22)24(29)18-6-4-14-25-16-18/h2-4,6-8,10-14,16,22H,5,9,15H2,1H3,(H,26,28)/t22-/m0/s1. The highest BCUT2D eigenvalue weighted by atomic mass is 16.5. The molecule has 6 nitrogen and oxygen atoms in total. The zero-order valence-electron chi connectivity index (χ0n) is 16.7. The number of amides is 2. The monoisotopic (exact) mass is 401 g/mol. The summed E-state index contributed by atoms with van der Waals surface area (Å²) in [6, 6.07) is 18.3. The average molecular weight is 401 g/mol.